The van der Waals surface area contributed by atoms with Gasteiger partial charge in [0, 0.05) is 17.6 Å². The molecule has 2 rings (SSSR count). The van der Waals surface area contributed by atoms with Gasteiger partial charge in [0.1, 0.15) is 0 Å². The first-order valence-corrected chi connectivity index (χ1v) is 7.35. The van der Waals surface area contributed by atoms with Crippen molar-refractivity contribution in [2.45, 2.75) is 40.0 Å². The minimum absolute atomic E-state index is 0.0178. The molecule has 1 amide bonds. The van der Waals surface area contributed by atoms with Crippen molar-refractivity contribution in [3.8, 4) is 0 Å². The topological polar surface area (TPSA) is 42.0 Å². The highest BCUT2D eigenvalue weighted by Crippen LogP contribution is 2.23. The average Bonchev–Trinajstić information content (AvgIpc) is 2.46. The molecule has 1 N–H and O–H groups in total. The Bertz CT molecular complexity index is 620. The van der Waals surface area contributed by atoms with Crippen molar-refractivity contribution in [2.75, 3.05) is 6.54 Å². The molecule has 0 aliphatic rings. The van der Waals surface area contributed by atoms with Gasteiger partial charge in [-0.2, -0.15) is 0 Å². The standard InChI is InChI=1S/C17H22N2O/c1-4-6-11-18-17(20)16-12(3)14(5-2)19-15-10-8-7-9-13(15)16/h7-10H,4-6,11H2,1-3H3,(H,18,20). The lowest BCUT2D eigenvalue weighted by Gasteiger charge is -2.13. The zero-order valence-electron chi connectivity index (χ0n) is 12.5. The Balaban J connectivity index is 2.49. The van der Waals surface area contributed by atoms with E-state index in [4.69, 9.17) is 0 Å². The quantitative estimate of drug-likeness (QED) is 0.843. The Kier molecular flexibility index (Phi) is 4.72. The van der Waals surface area contributed by atoms with Crippen LogP contribution in [0.25, 0.3) is 10.9 Å². The Hall–Kier alpha value is -1.90. The fourth-order valence-corrected chi connectivity index (χ4v) is 2.46. The number of aromatic nitrogens is 1. The molecule has 1 heterocycles. The molecule has 0 saturated heterocycles. The maximum absolute atomic E-state index is 12.5. The third-order valence-corrected chi connectivity index (χ3v) is 3.61. The number of nitrogens with zero attached hydrogens (tertiary/aromatic N) is 1. The molecular weight excluding hydrogens is 248 g/mol. The molecule has 0 aliphatic heterocycles. The van der Waals surface area contributed by atoms with Crippen molar-refractivity contribution < 1.29 is 4.79 Å². The lowest BCUT2D eigenvalue weighted by molar-refractivity contribution is 0.0954. The molecule has 0 atom stereocenters. The number of carbonyl (C=O) groups is 1. The molecule has 3 nitrogen and oxygen atoms in total. The van der Waals surface area contributed by atoms with Gasteiger partial charge in [-0.1, -0.05) is 38.5 Å². The van der Waals surface area contributed by atoms with Crippen molar-refractivity contribution in [3.05, 3.63) is 41.1 Å². The van der Waals surface area contributed by atoms with Crippen molar-refractivity contribution in [2.24, 2.45) is 0 Å². The number of nitrogens with one attached hydrogen (secondary N) is 1. The highest BCUT2D eigenvalue weighted by atomic mass is 16.1. The summed E-state index contributed by atoms with van der Waals surface area (Å²) < 4.78 is 0. The van der Waals surface area contributed by atoms with Crippen molar-refractivity contribution in [1.29, 1.82) is 0 Å². The van der Waals surface area contributed by atoms with E-state index in [1.54, 1.807) is 0 Å². The molecule has 0 radical (unpaired) electrons. The van der Waals surface area contributed by atoms with E-state index in [-0.39, 0.29) is 5.91 Å². The smallest absolute Gasteiger partial charge is 0.252 e. The maximum Gasteiger partial charge on any atom is 0.252 e. The molecular formula is C17H22N2O. The van der Waals surface area contributed by atoms with Crippen LogP contribution in [0.5, 0.6) is 0 Å². The number of aryl methyl sites for hydroxylation is 1. The summed E-state index contributed by atoms with van der Waals surface area (Å²) in [7, 11) is 0. The van der Waals surface area contributed by atoms with E-state index in [9.17, 15) is 4.79 Å². The Morgan fingerprint density at radius 1 is 1.25 bits per heavy atom. The first kappa shape index (κ1) is 14.5. The number of hydrogen-bond donors (Lipinski definition) is 1. The normalized spacial score (nSPS) is 10.8. The van der Waals surface area contributed by atoms with Crippen LogP contribution in [0.15, 0.2) is 24.3 Å². The lowest BCUT2D eigenvalue weighted by atomic mass is 9.99. The number of fused-ring (bicyclic) bond motifs is 1. The second-order valence-electron chi connectivity index (χ2n) is 5.04. The highest BCUT2D eigenvalue weighted by molar-refractivity contribution is 6.07. The van der Waals surface area contributed by atoms with Gasteiger partial charge in [-0.05, 0) is 31.4 Å². The van der Waals surface area contributed by atoms with Crippen molar-refractivity contribution >= 4 is 16.8 Å². The molecule has 0 fully saturated rings. The molecule has 0 spiro atoms. The Labute approximate surface area is 120 Å². The largest absolute Gasteiger partial charge is 0.352 e. The van der Waals surface area contributed by atoms with Crippen LogP contribution in [0.3, 0.4) is 0 Å². The van der Waals surface area contributed by atoms with Crippen LogP contribution in [0.1, 0.15) is 48.3 Å². The van der Waals surface area contributed by atoms with E-state index in [0.29, 0.717) is 0 Å². The summed E-state index contributed by atoms with van der Waals surface area (Å²) in [5.74, 6) is 0.0178. The van der Waals surface area contributed by atoms with Gasteiger partial charge < -0.3 is 5.32 Å². The second kappa shape index (κ2) is 6.51. The minimum atomic E-state index is 0.0178. The predicted molar refractivity (Wildman–Crippen MR) is 83.1 cm³/mol. The maximum atomic E-state index is 12.5. The molecule has 0 aliphatic carbocycles. The van der Waals surface area contributed by atoms with Gasteiger partial charge in [0.05, 0.1) is 11.1 Å². The molecule has 2 aromatic rings. The van der Waals surface area contributed by atoms with Crippen molar-refractivity contribution in [1.82, 2.24) is 10.3 Å². The Morgan fingerprint density at radius 2 is 2.00 bits per heavy atom. The van der Waals surface area contributed by atoms with Gasteiger partial charge in [0.25, 0.3) is 5.91 Å². The number of amides is 1. The fourth-order valence-electron chi connectivity index (χ4n) is 2.46. The number of pyridine rings is 1. The van der Waals surface area contributed by atoms with Gasteiger partial charge in [-0.25, -0.2) is 0 Å². The van der Waals surface area contributed by atoms with Crippen LogP contribution in [0, 0.1) is 6.92 Å². The highest BCUT2D eigenvalue weighted by Gasteiger charge is 2.16. The number of rotatable bonds is 5. The van der Waals surface area contributed by atoms with E-state index in [2.05, 4.69) is 24.1 Å². The van der Waals surface area contributed by atoms with Gasteiger partial charge in [-0.3, -0.25) is 9.78 Å². The summed E-state index contributed by atoms with van der Waals surface area (Å²) in [5.41, 5.74) is 3.68. The number of benzene rings is 1. The third-order valence-electron chi connectivity index (χ3n) is 3.61. The van der Waals surface area contributed by atoms with Crippen LogP contribution < -0.4 is 5.32 Å². The van der Waals surface area contributed by atoms with Gasteiger partial charge in [0.2, 0.25) is 0 Å². The van der Waals surface area contributed by atoms with Crippen LogP contribution in [0.4, 0.5) is 0 Å². The summed E-state index contributed by atoms with van der Waals surface area (Å²) in [6.07, 6.45) is 2.93. The summed E-state index contributed by atoms with van der Waals surface area (Å²) in [6, 6.07) is 7.86. The summed E-state index contributed by atoms with van der Waals surface area (Å²) >= 11 is 0. The van der Waals surface area contributed by atoms with Gasteiger partial charge >= 0.3 is 0 Å². The van der Waals surface area contributed by atoms with Gasteiger partial charge in [-0.15, -0.1) is 0 Å². The number of unbranched alkanes of at least 4 members (excludes halogenated alkanes) is 1. The van der Waals surface area contributed by atoms with Gasteiger partial charge in [0.15, 0.2) is 0 Å². The first-order valence-electron chi connectivity index (χ1n) is 7.35. The molecule has 0 saturated carbocycles. The molecule has 1 aromatic heterocycles. The summed E-state index contributed by atoms with van der Waals surface area (Å²) in [5, 5.41) is 3.96. The molecule has 106 valence electrons. The van der Waals surface area contributed by atoms with Crippen LogP contribution >= 0.6 is 0 Å². The molecule has 1 aromatic carbocycles. The van der Waals surface area contributed by atoms with E-state index >= 15 is 0 Å². The van der Waals surface area contributed by atoms with Crippen LogP contribution in [-0.4, -0.2) is 17.4 Å². The van der Waals surface area contributed by atoms with E-state index in [1.807, 2.05) is 31.2 Å². The average molecular weight is 270 g/mol. The number of carbonyl (C=O) groups excluding carboxylic acids is 1. The summed E-state index contributed by atoms with van der Waals surface area (Å²) in [4.78, 5) is 17.1. The van der Waals surface area contributed by atoms with E-state index < -0.39 is 0 Å². The Morgan fingerprint density at radius 3 is 2.70 bits per heavy atom. The fraction of sp³-hybridized carbons (Fsp3) is 0.412. The van der Waals surface area contributed by atoms with E-state index in [0.717, 1.165) is 53.5 Å². The zero-order valence-corrected chi connectivity index (χ0v) is 12.5. The second-order valence-corrected chi connectivity index (χ2v) is 5.04. The summed E-state index contributed by atoms with van der Waals surface area (Å²) in [6.45, 7) is 6.91. The third kappa shape index (κ3) is 2.82. The molecule has 3 heteroatoms. The molecule has 0 unspecified atom stereocenters. The first-order chi connectivity index (χ1) is 9.69. The van der Waals surface area contributed by atoms with Crippen molar-refractivity contribution in [3.63, 3.8) is 0 Å². The number of hydrogen-bond acceptors (Lipinski definition) is 2. The lowest BCUT2D eigenvalue weighted by Crippen LogP contribution is -2.26. The SMILES string of the molecule is CCCCNC(=O)c1c(C)c(CC)nc2ccccc12. The predicted octanol–water partition coefficient (Wildman–Crippen LogP) is 3.64. The number of para-hydroxylation sites is 1. The van der Waals surface area contributed by atoms with Crippen LogP contribution in [-0.2, 0) is 6.42 Å². The molecule has 20 heavy (non-hydrogen) atoms. The zero-order chi connectivity index (χ0) is 14.5. The molecule has 0 bridgehead atoms. The van der Waals surface area contributed by atoms with E-state index in [1.165, 1.54) is 0 Å². The minimum Gasteiger partial charge on any atom is -0.352 e. The van der Waals surface area contributed by atoms with Crippen LogP contribution in [0.2, 0.25) is 0 Å². The monoisotopic (exact) mass is 270 g/mol.